The molecule has 2 aromatic carbocycles. The normalized spacial score (nSPS) is 16.5. The average molecular weight is 557 g/mol. The summed E-state index contributed by atoms with van der Waals surface area (Å²) in [5, 5.41) is 12.4. The van der Waals surface area contributed by atoms with Crippen molar-refractivity contribution in [3.8, 4) is 11.1 Å². The smallest absolute Gasteiger partial charge is 0.326 e. The van der Waals surface area contributed by atoms with E-state index >= 15 is 0 Å². The lowest BCUT2D eigenvalue weighted by molar-refractivity contribution is -0.139. The van der Waals surface area contributed by atoms with Crippen LogP contribution in [-0.4, -0.2) is 46.5 Å². The molecule has 0 saturated heterocycles. The SMILES string of the molecule is CCSCC(CC1CCCCC1)C(N)c1ccc(C(=O)NC(CCSC)C(=O)O)c(-c2ccccc2C)c1. The van der Waals surface area contributed by atoms with E-state index in [9.17, 15) is 14.7 Å². The van der Waals surface area contributed by atoms with E-state index < -0.39 is 12.0 Å². The van der Waals surface area contributed by atoms with Crippen LogP contribution in [0.2, 0.25) is 0 Å². The van der Waals surface area contributed by atoms with E-state index in [-0.39, 0.29) is 11.9 Å². The molecule has 3 unspecified atom stereocenters. The van der Waals surface area contributed by atoms with Gasteiger partial charge in [0.15, 0.2) is 0 Å². The second-order valence-corrected chi connectivity index (χ2v) is 12.8. The first-order valence-electron chi connectivity index (χ1n) is 13.9. The molecule has 0 bridgehead atoms. The standard InChI is InChI=1S/C31H44N2O3S2/c1-4-38-20-24(18-22-11-6-5-7-12-22)29(32)23-14-15-26(27(19-23)25-13-9-8-10-21(25)2)30(34)33-28(31(35)36)16-17-37-3/h8-10,13-15,19,22,24,28-29H,4-7,11-12,16-18,20,32H2,1-3H3,(H,33,34)(H,35,36). The predicted molar refractivity (Wildman–Crippen MR) is 163 cm³/mol. The third-order valence-corrected chi connectivity index (χ3v) is 9.44. The van der Waals surface area contributed by atoms with Crippen molar-refractivity contribution in [1.29, 1.82) is 0 Å². The van der Waals surface area contributed by atoms with Gasteiger partial charge in [-0.05, 0) is 89.5 Å². The van der Waals surface area contributed by atoms with Crippen molar-refractivity contribution in [2.45, 2.75) is 70.9 Å². The number of hydrogen-bond acceptors (Lipinski definition) is 5. The van der Waals surface area contributed by atoms with Crippen LogP contribution in [0.15, 0.2) is 42.5 Å². The molecule has 0 spiro atoms. The number of aryl methyl sites for hydroxylation is 1. The minimum absolute atomic E-state index is 0.121. The number of rotatable bonds is 14. The van der Waals surface area contributed by atoms with Gasteiger partial charge in [0, 0.05) is 11.6 Å². The average Bonchev–Trinajstić information content (AvgIpc) is 2.93. The molecule has 0 aromatic heterocycles. The first-order valence-corrected chi connectivity index (χ1v) is 16.5. The number of nitrogens with two attached hydrogens (primary N) is 1. The number of carbonyl (C=O) groups excluding carboxylic acids is 1. The van der Waals surface area contributed by atoms with Gasteiger partial charge in [-0.15, -0.1) is 0 Å². The Morgan fingerprint density at radius 3 is 2.50 bits per heavy atom. The minimum atomic E-state index is -1.01. The lowest BCUT2D eigenvalue weighted by Gasteiger charge is -2.30. The van der Waals surface area contributed by atoms with Crippen LogP contribution in [-0.2, 0) is 4.79 Å². The molecule has 2 aromatic rings. The van der Waals surface area contributed by atoms with Crippen molar-refractivity contribution in [2.75, 3.05) is 23.5 Å². The number of thioether (sulfide) groups is 2. The van der Waals surface area contributed by atoms with Gasteiger partial charge in [-0.1, -0.05) is 69.4 Å². The summed E-state index contributed by atoms with van der Waals surface area (Å²) < 4.78 is 0. The van der Waals surface area contributed by atoms with Crippen LogP contribution in [0.3, 0.4) is 0 Å². The van der Waals surface area contributed by atoms with Gasteiger partial charge in [0.1, 0.15) is 6.04 Å². The third-order valence-electron chi connectivity index (χ3n) is 7.73. The van der Waals surface area contributed by atoms with Crippen molar-refractivity contribution >= 4 is 35.4 Å². The molecular weight excluding hydrogens is 512 g/mol. The highest BCUT2D eigenvalue weighted by Crippen LogP contribution is 2.37. The van der Waals surface area contributed by atoms with Crippen molar-refractivity contribution < 1.29 is 14.7 Å². The Kier molecular flexibility index (Phi) is 12.5. The fourth-order valence-corrected chi connectivity index (χ4v) is 6.86. The molecule has 3 rings (SSSR count). The quantitative estimate of drug-likeness (QED) is 0.233. The number of carboxylic acid groups (broad SMARTS) is 1. The zero-order valence-corrected chi connectivity index (χ0v) is 24.7. The first kappa shape index (κ1) is 30.6. The second-order valence-electron chi connectivity index (χ2n) is 10.5. The summed E-state index contributed by atoms with van der Waals surface area (Å²) in [5.41, 5.74) is 11.3. The van der Waals surface area contributed by atoms with Crippen molar-refractivity contribution in [1.82, 2.24) is 5.32 Å². The molecule has 0 heterocycles. The molecular formula is C31H44N2O3S2. The van der Waals surface area contributed by atoms with Crippen LogP contribution in [0.4, 0.5) is 0 Å². The Morgan fingerprint density at radius 1 is 1.11 bits per heavy atom. The highest BCUT2D eigenvalue weighted by molar-refractivity contribution is 7.99. The van der Waals surface area contributed by atoms with Gasteiger partial charge >= 0.3 is 5.97 Å². The van der Waals surface area contributed by atoms with E-state index in [1.54, 1.807) is 11.8 Å². The van der Waals surface area contributed by atoms with E-state index in [1.807, 2.05) is 61.3 Å². The highest BCUT2D eigenvalue weighted by Gasteiger charge is 2.27. The van der Waals surface area contributed by atoms with Crippen molar-refractivity contribution in [2.24, 2.45) is 17.6 Å². The topological polar surface area (TPSA) is 92.4 Å². The number of hydrogen-bond donors (Lipinski definition) is 3. The fourth-order valence-electron chi connectivity index (χ4n) is 5.50. The molecule has 4 N–H and O–H groups in total. The highest BCUT2D eigenvalue weighted by atomic mass is 32.2. The zero-order chi connectivity index (χ0) is 27.5. The van der Waals surface area contributed by atoms with Gasteiger partial charge in [-0.3, -0.25) is 4.79 Å². The van der Waals surface area contributed by atoms with Crippen LogP contribution >= 0.6 is 23.5 Å². The number of amides is 1. The second kappa shape index (κ2) is 15.6. The number of aliphatic carboxylic acids is 1. The summed E-state index contributed by atoms with van der Waals surface area (Å²) in [6.45, 7) is 4.23. The molecule has 1 aliphatic carbocycles. The van der Waals surface area contributed by atoms with E-state index in [4.69, 9.17) is 5.73 Å². The summed E-state index contributed by atoms with van der Waals surface area (Å²) >= 11 is 3.52. The van der Waals surface area contributed by atoms with Crippen LogP contribution in [0.1, 0.15) is 79.4 Å². The lowest BCUT2D eigenvalue weighted by Crippen LogP contribution is -2.41. The van der Waals surface area contributed by atoms with E-state index in [0.717, 1.165) is 46.1 Å². The maximum atomic E-state index is 13.4. The van der Waals surface area contributed by atoms with Crippen LogP contribution in [0.25, 0.3) is 11.1 Å². The summed E-state index contributed by atoms with van der Waals surface area (Å²) in [6, 6.07) is 12.9. The molecule has 1 saturated carbocycles. The van der Waals surface area contributed by atoms with Crippen LogP contribution in [0, 0.1) is 18.8 Å². The van der Waals surface area contributed by atoms with Gasteiger partial charge < -0.3 is 16.2 Å². The summed E-state index contributed by atoms with van der Waals surface area (Å²) in [4.78, 5) is 25.2. The van der Waals surface area contributed by atoms with Gasteiger partial charge in [-0.25, -0.2) is 4.79 Å². The Bertz CT molecular complexity index is 1060. The number of carbonyl (C=O) groups is 2. The third kappa shape index (κ3) is 8.52. The Labute approximate surface area is 237 Å². The molecule has 0 aliphatic heterocycles. The first-order chi connectivity index (χ1) is 18.3. The molecule has 1 amide bonds. The molecule has 5 nitrogen and oxygen atoms in total. The van der Waals surface area contributed by atoms with Gasteiger partial charge in [0.2, 0.25) is 0 Å². The lowest BCUT2D eigenvalue weighted by atomic mass is 9.79. The van der Waals surface area contributed by atoms with Crippen molar-refractivity contribution in [3.05, 3.63) is 59.2 Å². The summed E-state index contributed by atoms with van der Waals surface area (Å²) in [7, 11) is 0. The molecule has 208 valence electrons. The summed E-state index contributed by atoms with van der Waals surface area (Å²) in [5.74, 6) is 2.50. The Morgan fingerprint density at radius 2 is 1.84 bits per heavy atom. The van der Waals surface area contributed by atoms with E-state index in [1.165, 1.54) is 32.1 Å². The largest absolute Gasteiger partial charge is 0.480 e. The maximum Gasteiger partial charge on any atom is 0.326 e. The fraction of sp³-hybridized carbons (Fsp3) is 0.548. The van der Waals surface area contributed by atoms with E-state index in [0.29, 0.717) is 23.7 Å². The molecule has 1 aliphatic rings. The summed E-state index contributed by atoms with van der Waals surface area (Å²) in [6.07, 6.45) is 10.0. The Balaban J connectivity index is 1.95. The molecule has 3 atom stereocenters. The zero-order valence-electron chi connectivity index (χ0n) is 23.1. The molecule has 38 heavy (non-hydrogen) atoms. The Hall–Kier alpha value is -1.96. The van der Waals surface area contributed by atoms with E-state index in [2.05, 4.69) is 18.3 Å². The van der Waals surface area contributed by atoms with Gasteiger partial charge in [0.25, 0.3) is 5.91 Å². The van der Waals surface area contributed by atoms with Crippen LogP contribution in [0.5, 0.6) is 0 Å². The van der Waals surface area contributed by atoms with Crippen molar-refractivity contribution in [3.63, 3.8) is 0 Å². The van der Waals surface area contributed by atoms with Gasteiger partial charge in [0.05, 0.1) is 0 Å². The minimum Gasteiger partial charge on any atom is -0.480 e. The predicted octanol–water partition coefficient (Wildman–Crippen LogP) is 6.94. The molecule has 1 fully saturated rings. The number of nitrogens with one attached hydrogen (secondary N) is 1. The number of carboxylic acids is 1. The number of benzene rings is 2. The molecule has 0 radical (unpaired) electrons. The van der Waals surface area contributed by atoms with Crippen LogP contribution < -0.4 is 11.1 Å². The van der Waals surface area contributed by atoms with Gasteiger partial charge in [-0.2, -0.15) is 23.5 Å². The monoisotopic (exact) mass is 556 g/mol. The molecule has 7 heteroatoms. The maximum absolute atomic E-state index is 13.4.